The molecular weight excluding hydrogens is 203 g/mol. The van der Waals surface area contributed by atoms with Gasteiger partial charge in [-0.15, -0.1) is 0 Å². The average Bonchev–Trinajstić information content (AvgIpc) is 2.39. The zero-order valence-corrected chi connectivity index (χ0v) is 8.35. The molecule has 1 unspecified atom stereocenters. The number of rotatable bonds is 4. The van der Waals surface area contributed by atoms with Crippen LogP contribution in [0.4, 0.5) is 0 Å². The Morgan fingerprint density at radius 3 is 2.42 bits per heavy atom. The second-order valence-electron chi connectivity index (χ2n) is 3.05. The van der Waals surface area contributed by atoms with Gasteiger partial charge in [-0.05, 0) is 18.8 Å². The van der Waals surface area contributed by atoms with Crippen molar-refractivity contribution in [2.75, 3.05) is 12.4 Å². The molecule has 0 spiro atoms. The quantitative estimate of drug-likeness (QED) is 0.691. The van der Waals surface area contributed by atoms with Gasteiger partial charge in [0, 0.05) is 6.66 Å². The lowest BCUT2D eigenvalue weighted by Gasteiger charge is -2.05. The molecule has 0 radical (unpaired) electrons. The molecule has 1 saturated carbocycles. The maximum Gasteiger partial charge on any atom is 0.339 e. The maximum atomic E-state index is 10.9. The van der Waals surface area contributed by atoms with E-state index in [9.17, 15) is 13.0 Å². The molecule has 72 valence electrons. The van der Waals surface area contributed by atoms with E-state index in [-0.39, 0.29) is 11.7 Å². The van der Waals surface area contributed by atoms with Crippen molar-refractivity contribution in [2.24, 2.45) is 5.92 Å². The molecule has 1 fully saturated rings. The van der Waals surface area contributed by atoms with Crippen LogP contribution in [0.1, 0.15) is 12.8 Å². The lowest BCUT2D eigenvalue weighted by atomic mass is 10.5. The Balaban J connectivity index is 2.53. The van der Waals surface area contributed by atoms with Gasteiger partial charge in [-0.3, -0.25) is 4.57 Å². The van der Waals surface area contributed by atoms with Crippen LogP contribution in [0.15, 0.2) is 0 Å². The normalized spacial score (nSPS) is 23.5. The molecule has 0 aromatic rings. The molecule has 1 aliphatic rings. The molecule has 1 N–H and O–H groups in total. The molecule has 0 heterocycles. The molecular formula is C5H11O5PS. The first-order chi connectivity index (χ1) is 5.29. The van der Waals surface area contributed by atoms with Gasteiger partial charge in [-0.25, -0.2) is 0 Å². The summed E-state index contributed by atoms with van der Waals surface area (Å²) in [5.74, 6) is -0.00711. The van der Waals surface area contributed by atoms with Gasteiger partial charge in [0.05, 0.1) is 5.75 Å². The first-order valence-corrected chi connectivity index (χ1v) is 7.13. The number of hydrogen-bond donors (Lipinski definition) is 1. The molecule has 5 nitrogen and oxygen atoms in total. The highest BCUT2D eigenvalue weighted by atomic mass is 32.2. The molecule has 1 rings (SSSR count). The van der Waals surface area contributed by atoms with Crippen molar-refractivity contribution >= 4 is 17.7 Å². The summed E-state index contributed by atoms with van der Waals surface area (Å²) < 4.78 is 36.5. The summed E-state index contributed by atoms with van der Waals surface area (Å²) in [6.07, 6.45) is 1.73. The van der Waals surface area contributed by atoms with E-state index in [1.165, 1.54) is 0 Å². The van der Waals surface area contributed by atoms with Crippen LogP contribution in [0.25, 0.3) is 0 Å². The molecule has 0 aromatic carbocycles. The van der Waals surface area contributed by atoms with E-state index in [2.05, 4.69) is 3.97 Å². The molecule has 0 aromatic heterocycles. The standard InChI is InChI=1S/C5H11O5PS/c1-11(6,7)10-12(8,9)4-5-2-3-5/h5H,2-4H2,1H3,(H,6,7). The smallest absolute Gasteiger partial charge is 0.324 e. The van der Waals surface area contributed by atoms with Crippen LogP contribution < -0.4 is 0 Å². The summed E-state index contributed by atoms with van der Waals surface area (Å²) in [5.41, 5.74) is 0. The van der Waals surface area contributed by atoms with Gasteiger partial charge in [0.15, 0.2) is 0 Å². The van der Waals surface area contributed by atoms with Gasteiger partial charge in [0.25, 0.3) is 10.1 Å². The van der Waals surface area contributed by atoms with Crippen molar-refractivity contribution < 1.29 is 21.8 Å². The fourth-order valence-corrected chi connectivity index (χ4v) is 3.65. The van der Waals surface area contributed by atoms with Gasteiger partial charge in [-0.1, -0.05) is 0 Å². The highest BCUT2D eigenvalue weighted by Crippen LogP contribution is 2.41. The molecule has 12 heavy (non-hydrogen) atoms. The molecule has 7 heteroatoms. The SMILES string of the molecule is CP(=O)(O)OS(=O)(=O)CC1CC1. The average molecular weight is 214 g/mol. The van der Waals surface area contributed by atoms with E-state index in [0.29, 0.717) is 0 Å². The Morgan fingerprint density at radius 1 is 1.58 bits per heavy atom. The summed E-state index contributed by atoms with van der Waals surface area (Å²) >= 11 is 0. The van der Waals surface area contributed by atoms with Crippen molar-refractivity contribution in [1.29, 1.82) is 0 Å². The van der Waals surface area contributed by atoms with E-state index in [1.54, 1.807) is 0 Å². The first-order valence-electron chi connectivity index (χ1n) is 3.53. The molecule has 1 atom stereocenters. The van der Waals surface area contributed by atoms with Crippen LogP contribution >= 0.6 is 7.60 Å². The Kier molecular flexibility index (Phi) is 2.63. The van der Waals surface area contributed by atoms with E-state index in [1.807, 2.05) is 0 Å². The van der Waals surface area contributed by atoms with Crippen LogP contribution in [-0.2, 0) is 18.7 Å². The van der Waals surface area contributed by atoms with Crippen molar-refractivity contribution in [3.05, 3.63) is 0 Å². The van der Waals surface area contributed by atoms with Gasteiger partial charge < -0.3 is 4.89 Å². The third-order valence-electron chi connectivity index (χ3n) is 1.39. The maximum absolute atomic E-state index is 10.9. The monoisotopic (exact) mass is 214 g/mol. The van der Waals surface area contributed by atoms with Crippen molar-refractivity contribution in [1.82, 2.24) is 0 Å². The summed E-state index contributed by atoms with van der Waals surface area (Å²) in [6, 6.07) is 0. The highest BCUT2D eigenvalue weighted by molar-refractivity contribution is 7.91. The minimum Gasteiger partial charge on any atom is -0.324 e. The summed E-state index contributed by atoms with van der Waals surface area (Å²) in [6.45, 7) is 0.859. The van der Waals surface area contributed by atoms with Crippen LogP contribution in [-0.4, -0.2) is 25.7 Å². The Bertz CT molecular complexity index is 298. The Labute approximate surface area is 71.4 Å². The second-order valence-corrected chi connectivity index (χ2v) is 6.70. The van der Waals surface area contributed by atoms with Crippen molar-refractivity contribution in [2.45, 2.75) is 12.8 Å². The van der Waals surface area contributed by atoms with Gasteiger partial charge in [0.1, 0.15) is 0 Å². The lowest BCUT2D eigenvalue weighted by Crippen LogP contribution is -2.10. The fraction of sp³-hybridized carbons (Fsp3) is 1.00. The summed E-state index contributed by atoms with van der Waals surface area (Å²) in [4.78, 5) is 8.64. The van der Waals surface area contributed by atoms with Crippen molar-refractivity contribution in [3.63, 3.8) is 0 Å². The molecule has 1 aliphatic carbocycles. The highest BCUT2D eigenvalue weighted by Gasteiger charge is 2.31. The first kappa shape index (κ1) is 10.2. The van der Waals surface area contributed by atoms with E-state index in [4.69, 9.17) is 4.89 Å². The van der Waals surface area contributed by atoms with E-state index >= 15 is 0 Å². The number of hydrogen-bond acceptors (Lipinski definition) is 4. The minimum atomic E-state index is -3.90. The van der Waals surface area contributed by atoms with Crippen LogP contribution in [0.5, 0.6) is 0 Å². The fourth-order valence-electron chi connectivity index (χ4n) is 0.814. The summed E-state index contributed by atoms with van der Waals surface area (Å²) in [5, 5.41) is 0. The second kappa shape index (κ2) is 3.10. The van der Waals surface area contributed by atoms with Crippen LogP contribution in [0.2, 0.25) is 0 Å². The lowest BCUT2D eigenvalue weighted by molar-refractivity contribution is 0.383. The minimum absolute atomic E-state index is 0.126. The molecule has 0 saturated heterocycles. The Hall–Kier alpha value is 0.1000. The van der Waals surface area contributed by atoms with E-state index < -0.39 is 17.7 Å². The van der Waals surface area contributed by atoms with Crippen molar-refractivity contribution in [3.8, 4) is 0 Å². The Morgan fingerprint density at radius 2 is 2.08 bits per heavy atom. The molecule has 0 aliphatic heterocycles. The third-order valence-corrected chi connectivity index (χ3v) is 4.28. The van der Waals surface area contributed by atoms with E-state index in [0.717, 1.165) is 19.5 Å². The van der Waals surface area contributed by atoms with Crippen LogP contribution in [0, 0.1) is 5.92 Å². The van der Waals surface area contributed by atoms with Crippen LogP contribution in [0.3, 0.4) is 0 Å². The zero-order valence-electron chi connectivity index (χ0n) is 6.63. The molecule has 0 bridgehead atoms. The topological polar surface area (TPSA) is 80.7 Å². The van der Waals surface area contributed by atoms with Gasteiger partial charge in [0.2, 0.25) is 0 Å². The predicted molar refractivity (Wildman–Crippen MR) is 43.3 cm³/mol. The summed E-state index contributed by atoms with van der Waals surface area (Å²) in [7, 11) is -7.69. The third kappa shape index (κ3) is 4.21. The van der Waals surface area contributed by atoms with Gasteiger partial charge in [-0.2, -0.15) is 12.4 Å². The predicted octanol–water partition coefficient (Wildman–Crippen LogP) is 0.558. The molecule has 0 amide bonds. The zero-order chi connectivity index (χ0) is 9.41. The van der Waals surface area contributed by atoms with Gasteiger partial charge >= 0.3 is 7.60 Å². The largest absolute Gasteiger partial charge is 0.339 e.